The summed E-state index contributed by atoms with van der Waals surface area (Å²) in [6, 6.07) is 6.86. The Morgan fingerprint density at radius 3 is 2.48 bits per heavy atom. The molecule has 0 bridgehead atoms. The van der Waals surface area contributed by atoms with Gasteiger partial charge in [0, 0.05) is 23.1 Å². The van der Waals surface area contributed by atoms with Crippen LogP contribution in [0.15, 0.2) is 24.3 Å². The van der Waals surface area contributed by atoms with Gasteiger partial charge >= 0.3 is 0 Å². The van der Waals surface area contributed by atoms with Gasteiger partial charge in [-0.3, -0.25) is 14.7 Å². The maximum Gasteiger partial charge on any atom is 0.246 e. The number of hydrogen-bond donors (Lipinski definition) is 3. The van der Waals surface area contributed by atoms with Gasteiger partial charge in [0.05, 0.1) is 0 Å². The van der Waals surface area contributed by atoms with E-state index in [4.69, 9.17) is 0 Å². The number of benzene rings is 1. The second-order valence-electron chi connectivity index (χ2n) is 7.60. The number of nitrogens with zero attached hydrogens (tertiary/aromatic N) is 2. The van der Waals surface area contributed by atoms with Gasteiger partial charge in [-0.2, -0.15) is 5.10 Å². The predicted molar refractivity (Wildman–Crippen MR) is 102 cm³/mol. The Morgan fingerprint density at radius 1 is 1.11 bits per heavy atom. The molecule has 2 saturated carbocycles. The third-order valence-electron chi connectivity index (χ3n) is 5.36. The first-order valence-electron chi connectivity index (χ1n) is 9.74. The Kier molecular flexibility index (Phi) is 4.92. The van der Waals surface area contributed by atoms with E-state index in [1.54, 1.807) is 6.92 Å². The number of hydrogen-bond acceptors (Lipinski definition) is 4. The van der Waals surface area contributed by atoms with Crippen LogP contribution in [0, 0.1) is 5.92 Å². The second-order valence-corrected chi connectivity index (χ2v) is 7.60. The van der Waals surface area contributed by atoms with Crippen LogP contribution in [0.5, 0.6) is 0 Å². The number of H-pyrrole nitrogens is 1. The van der Waals surface area contributed by atoms with Crippen LogP contribution in [0.1, 0.15) is 57.2 Å². The van der Waals surface area contributed by atoms with Crippen LogP contribution in [0.2, 0.25) is 0 Å². The number of carbonyl (C=O) groups is 2. The number of amides is 2. The van der Waals surface area contributed by atoms with Crippen LogP contribution in [-0.4, -0.2) is 33.0 Å². The van der Waals surface area contributed by atoms with E-state index < -0.39 is 6.04 Å². The lowest BCUT2D eigenvalue weighted by molar-refractivity contribution is -0.128. The van der Waals surface area contributed by atoms with E-state index in [0.717, 1.165) is 37.1 Å². The Hall–Kier alpha value is -2.70. The van der Waals surface area contributed by atoms with Crippen molar-refractivity contribution in [2.45, 2.75) is 57.4 Å². The molecule has 2 aliphatic rings. The molecule has 142 valence electrons. The lowest BCUT2D eigenvalue weighted by Gasteiger charge is -2.17. The van der Waals surface area contributed by atoms with Gasteiger partial charge in [-0.1, -0.05) is 12.8 Å². The summed E-state index contributed by atoms with van der Waals surface area (Å²) in [6.45, 7) is 1.71. The van der Waals surface area contributed by atoms with Crippen LogP contribution in [0.4, 0.5) is 5.69 Å². The molecular weight excluding hydrogens is 342 g/mol. The van der Waals surface area contributed by atoms with Gasteiger partial charge in [-0.15, -0.1) is 0 Å². The Balaban J connectivity index is 1.32. The van der Waals surface area contributed by atoms with Crippen molar-refractivity contribution in [1.29, 1.82) is 0 Å². The van der Waals surface area contributed by atoms with Gasteiger partial charge in [0.15, 0.2) is 5.82 Å². The second kappa shape index (κ2) is 7.50. The minimum atomic E-state index is -0.563. The topological polar surface area (TPSA) is 99.8 Å². The van der Waals surface area contributed by atoms with Crippen molar-refractivity contribution in [3.63, 3.8) is 0 Å². The molecule has 2 aromatic rings. The van der Waals surface area contributed by atoms with E-state index in [0.29, 0.717) is 17.4 Å². The standard InChI is InChI=1S/C20H25N5O2/c1-12(21-20(27)15-4-2-3-5-15)19(26)22-16-10-8-14(9-11-16)18-23-17(24-25-18)13-6-7-13/h8-13,15H,2-7H2,1H3,(H,21,27)(H,22,26)(H,23,24,25)/t12-/m0/s1. The van der Waals surface area contributed by atoms with E-state index in [9.17, 15) is 9.59 Å². The van der Waals surface area contributed by atoms with Gasteiger partial charge in [0.2, 0.25) is 11.8 Å². The first-order chi connectivity index (χ1) is 13.1. The molecule has 0 radical (unpaired) electrons. The number of aromatic amines is 1. The summed E-state index contributed by atoms with van der Waals surface area (Å²) in [5.41, 5.74) is 1.59. The number of aromatic nitrogens is 3. The van der Waals surface area contributed by atoms with Crippen molar-refractivity contribution >= 4 is 17.5 Å². The van der Waals surface area contributed by atoms with Crippen LogP contribution >= 0.6 is 0 Å². The molecule has 1 atom stereocenters. The van der Waals surface area contributed by atoms with Gasteiger partial charge in [0.1, 0.15) is 11.9 Å². The van der Waals surface area contributed by atoms with Crippen LogP contribution in [0.25, 0.3) is 11.4 Å². The molecule has 3 N–H and O–H groups in total. The van der Waals surface area contributed by atoms with Crippen LogP contribution < -0.4 is 10.6 Å². The summed E-state index contributed by atoms with van der Waals surface area (Å²) in [5, 5.41) is 12.9. The summed E-state index contributed by atoms with van der Waals surface area (Å²) in [4.78, 5) is 29.0. The van der Waals surface area contributed by atoms with E-state index in [1.165, 1.54) is 12.8 Å². The quantitative estimate of drug-likeness (QED) is 0.731. The molecule has 4 rings (SSSR count). The fourth-order valence-electron chi connectivity index (χ4n) is 3.48. The Labute approximate surface area is 158 Å². The highest BCUT2D eigenvalue weighted by molar-refractivity contribution is 5.97. The average molecular weight is 367 g/mol. The molecule has 27 heavy (non-hydrogen) atoms. The molecular formula is C20H25N5O2. The van der Waals surface area contributed by atoms with E-state index in [2.05, 4.69) is 25.8 Å². The lowest BCUT2D eigenvalue weighted by Crippen LogP contribution is -2.43. The summed E-state index contributed by atoms with van der Waals surface area (Å²) >= 11 is 0. The minimum absolute atomic E-state index is 0.0124. The SMILES string of the molecule is C[C@H](NC(=O)C1CCCC1)C(=O)Nc1ccc(-c2n[nH]c(C3CC3)n2)cc1. The number of nitrogens with one attached hydrogen (secondary N) is 3. The smallest absolute Gasteiger partial charge is 0.246 e. The van der Waals surface area contributed by atoms with E-state index in [1.807, 2.05) is 24.3 Å². The van der Waals surface area contributed by atoms with Crippen molar-refractivity contribution in [1.82, 2.24) is 20.5 Å². The summed E-state index contributed by atoms with van der Waals surface area (Å²) < 4.78 is 0. The monoisotopic (exact) mass is 367 g/mol. The third kappa shape index (κ3) is 4.18. The number of carbonyl (C=O) groups excluding carboxylic acids is 2. The van der Waals surface area contributed by atoms with Crippen LogP contribution in [-0.2, 0) is 9.59 Å². The highest BCUT2D eigenvalue weighted by atomic mass is 16.2. The summed E-state index contributed by atoms with van der Waals surface area (Å²) in [5.74, 6) is 1.98. The molecule has 7 heteroatoms. The van der Waals surface area contributed by atoms with Crippen LogP contribution in [0.3, 0.4) is 0 Å². The largest absolute Gasteiger partial charge is 0.344 e. The summed E-state index contributed by atoms with van der Waals surface area (Å²) in [6.07, 6.45) is 6.39. The zero-order valence-electron chi connectivity index (χ0n) is 15.5. The summed E-state index contributed by atoms with van der Waals surface area (Å²) in [7, 11) is 0. The normalized spacial score (nSPS) is 18.3. The van der Waals surface area contributed by atoms with Gasteiger partial charge in [-0.05, 0) is 56.9 Å². The molecule has 1 aromatic heterocycles. The highest BCUT2D eigenvalue weighted by Gasteiger charge is 2.27. The van der Waals surface area contributed by atoms with Crippen molar-refractivity contribution in [3.8, 4) is 11.4 Å². The van der Waals surface area contributed by atoms with E-state index in [-0.39, 0.29) is 17.7 Å². The van der Waals surface area contributed by atoms with Crippen molar-refractivity contribution in [2.75, 3.05) is 5.32 Å². The molecule has 2 aliphatic carbocycles. The van der Waals surface area contributed by atoms with E-state index >= 15 is 0 Å². The molecule has 0 saturated heterocycles. The zero-order chi connectivity index (χ0) is 18.8. The molecule has 0 spiro atoms. The maximum atomic E-state index is 12.3. The first-order valence-corrected chi connectivity index (χ1v) is 9.74. The molecule has 2 fully saturated rings. The predicted octanol–water partition coefficient (Wildman–Crippen LogP) is 2.98. The number of anilines is 1. The van der Waals surface area contributed by atoms with Gasteiger partial charge in [-0.25, -0.2) is 4.98 Å². The Morgan fingerprint density at radius 2 is 1.81 bits per heavy atom. The van der Waals surface area contributed by atoms with Gasteiger partial charge < -0.3 is 10.6 Å². The van der Waals surface area contributed by atoms with Crippen molar-refractivity contribution in [2.24, 2.45) is 5.92 Å². The van der Waals surface area contributed by atoms with Gasteiger partial charge in [0.25, 0.3) is 0 Å². The lowest BCUT2D eigenvalue weighted by atomic mass is 10.1. The highest BCUT2D eigenvalue weighted by Crippen LogP contribution is 2.38. The first kappa shape index (κ1) is 17.7. The minimum Gasteiger partial charge on any atom is -0.344 e. The zero-order valence-corrected chi connectivity index (χ0v) is 15.5. The molecule has 2 amide bonds. The van der Waals surface area contributed by atoms with Crippen molar-refractivity contribution < 1.29 is 9.59 Å². The average Bonchev–Trinajstić information content (AvgIpc) is 3.17. The third-order valence-corrected chi connectivity index (χ3v) is 5.36. The fraction of sp³-hybridized carbons (Fsp3) is 0.500. The molecule has 0 unspecified atom stereocenters. The maximum absolute atomic E-state index is 12.3. The molecule has 0 aliphatic heterocycles. The molecule has 1 aromatic carbocycles. The Bertz CT molecular complexity index is 819. The molecule has 1 heterocycles. The van der Waals surface area contributed by atoms with Crippen molar-refractivity contribution in [3.05, 3.63) is 30.1 Å². The molecule has 7 nitrogen and oxygen atoms in total. The fourth-order valence-corrected chi connectivity index (χ4v) is 3.48. The number of rotatable bonds is 6.